The number of hydrogen-bond acceptors (Lipinski definition) is 4. The van der Waals surface area contributed by atoms with Gasteiger partial charge in [0.15, 0.2) is 23.1 Å². The highest BCUT2D eigenvalue weighted by atomic mass is 35.5. The van der Waals surface area contributed by atoms with E-state index in [2.05, 4.69) is 0 Å². The second-order valence-electron chi connectivity index (χ2n) is 4.47. The van der Waals surface area contributed by atoms with E-state index in [9.17, 15) is 21.6 Å². The SMILES string of the molecule is COc1ccc(NS(=O)(=O)c2cc(F)c(Cl)c(F)c2F)cc1OC. The van der Waals surface area contributed by atoms with Crippen LogP contribution in [0.4, 0.5) is 18.9 Å². The van der Waals surface area contributed by atoms with E-state index in [0.717, 1.165) is 0 Å². The molecule has 1 N–H and O–H groups in total. The Kier molecular flexibility index (Phi) is 5.14. The predicted molar refractivity (Wildman–Crippen MR) is 81.7 cm³/mol. The van der Waals surface area contributed by atoms with Crippen LogP contribution in [0.15, 0.2) is 29.2 Å². The first-order valence-corrected chi connectivity index (χ1v) is 8.15. The Morgan fingerprint density at radius 1 is 1.00 bits per heavy atom. The van der Waals surface area contributed by atoms with E-state index >= 15 is 0 Å². The number of anilines is 1. The first-order chi connectivity index (χ1) is 11.2. The number of nitrogens with one attached hydrogen (secondary N) is 1. The Balaban J connectivity index is 2.46. The van der Waals surface area contributed by atoms with Crippen molar-refractivity contribution in [1.82, 2.24) is 0 Å². The number of hydrogen-bond donors (Lipinski definition) is 1. The van der Waals surface area contributed by atoms with Gasteiger partial charge in [-0.25, -0.2) is 21.6 Å². The van der Waals surface area contributed by atoms with Crippen LogP contribution in [0.25, 0.3) is 0 Å². The fourth-order valence-corrected chi connectivity index (χ4v) is 3.13. The molecule has 0 bridgehead atoms. The summed E-state index contributed by atoms with van der Waals surface area (Å²) < 4.78 is 77.1. The number of benzene rings is 2. The fraction of sp³-hybridized carbons (Fsp3) is 0.143. The number of sulfonamides is 1. The maximum absolute atomic E-state index is 13.8. The van der Waals surface area contributed by atoms with Crippen LogP contribution in [0.3, 0.4) is 0 Å². The molecule has 0 unspecified atom stereocenters. The van der Waals surface area contributed by atoms with Crippen LogP contribution < -0.4 is 14.2 Å². The normalized spacial score (nSPS) is 11.2. The summed E-state index contributed by atoms with van der Waals surface area (Å²) in [5.74, 6) is -4.44. The summed E-state index contributed by atoms with van der Waals surface area (Å²) in [7, 11) is -1.89. The summed E-state index contributed by atoms with van der Waals surface area (Å²) in [4.78, 5) is -1.21. The Hall–Kier alpha value is -2.13. The van der Waals surface area contributed by atoms with Crippen molar-refractivity contribution in [3.8, 4) is 11.5 Å². The molecule has 0 aliphatic heterocycles. The van der Waals surface area contributed by atoms with Crippen molar-refractivity contribution in [2.75, 3.05) is 18.9 Å². The lowest BCUT2D eigenvalue weighted by Gasteiger charge is -2.13. The molecule has 2 aromatic rings. The molecule has 2 aromatic carbocycles. The van der Waals surface area contributed by atoms with Gasteiger partial charge >= 0.3 is 0 Å². The van der Waals surface area contributed by atoms with E-state index in [1.165, 1.54) is 32.4 Å². The summed E-state index contributed by atoms with van der Waals surface area (Å²) in [6.07, 6.45) is 0. The van der Waals surface area contributed by atoms with Crippen molar-refractivity contribution >= 4 is 27.3 Å². The van der Waals surface area contributed by atoms with E-state index in [-0.39, 0.29) is 11.4 Å². The molecular weight excluding hydrogens is 371 g/mol. The van der Waals surface area contributed by atoms with E-state index < -0.39 is 37.4 Å². The van der Waals surface area contributed by atoms with Crippen molar-refractivity contribution in [3.63, 3.8) is 0 Å². The van der Waals surface area contributed by atoms with Gasteiger partial charge in [-0.15, -0.1) is 0 Å². The van der Waals surface area contributed by atoms with Crippen molar-refractivity contribution in [1.29, 1.82) is 0 Å². The molecule has 0 spiro atoms. The van der Waals surface area contributed by atoms with Gasteiger partial charge < -0.3 is 9.47 Å². The fourth-order valence-electron chi connectivity index (χ4n) is 1.86. The third-order valence-corrected chi connectivity index (χ3v) is 4.72. The first kappa shape index (κ1) is 18.2. The van der Waals surface area contributed by atoms with Crippen LogP contribution >= 0.6 is 11.6 Å². The molecule has 0 fully saturated rings. The molecule has 0 heterocycles. The second kappa shape index (κ2) is 6.78. The monoisotopic (exact) mass is 381 g/mol. The Labute approximate surface area is 141 Å². The molecule has 0 amide bonds. The zero-order chi connectivity index (χ0) is 18.1. The van der Waals surface area contributed by atoms with E-state index in [0.29, 0.717) is 11.8 Å². The van der Waals surface area contributed by atoms with Gasteiger partial charge in [-0.05, 0) is 18.2 Å². The molecule has 2 rings (SSSR count). The molecular formula is C14H11ClF3NO4S. The van der Waals surface area contributed by atoms with Crippen LogP contribution in [0.5, 0.6) is 11.5 Å². The van der Waals surface area contributed by atoms with Gasteiger partial charge in [0.2, 0.25) is 0 Å². The smallest absolute Gasteiger partial charge is 0.265 e. The molecule has 130 valence electrons. The Bertz CT molecular complexity index is 890. The maximum atomic E-state index is 13.8. The Morgan fingerprint density at radius 3 is 2.21 bits per heavy atom. The number of halogens is 4. The molecule has 5 nitrogen and oxygen atoms in total. The highest BCUT2D eigenvalue weighted by molar-refractivity contribution is 7.92. The zero-order valence-electron chi connectivity index (χ0n) is 12.4. The second-order valence-corrected chi connectivity index (χ2v) is 6.50. The minimum absolute atomic E-state index is 0.0252. The van der Waals surface area contributed by atoms with Gasteiger partial charge in [0.1, 0.15) is 15.7 Å². The third-order valence-electron chi connectivity index (χ3n) is 2.99. The molecule has 10 heteroatoms. The van der Waals surface area contributed by atoms with Gasteiger partial charge in [-0.3, -0.25) is 4.72 Å². The summed E-state index contributed by atoms with van der Waals surface area (Å²) in [6, 6.07) is 4.26. The average molecular weight is 382 g/mol. The van der Waals surface area contributed by atoms with Gasteiger partial charge in [0.05, 0.1) is 19.9 Å². The first-order valence-electron chi connectivity index (χ1n) is 6.29. The highest BCUT2D eigenvalue weighted by Crippen LogP contribution is 2.32. The van der Waals surface area contributed by atoms with Gasteiger partial charge in [0.25, 0.3) is 10.0 Å². The molecule has 0 saturated heterocycles. The van der Waals surface area contributed by atoms with Crippen LogP contribution in [0, 0.1) is 17.5 Å². The molecule has 0 aliphatic rings. The molecule has 0 atom stereocenters. The number of rotatable bonds is 5. The van der Waals surface area contributed by atoms with E-state index in [1.807, 2.05) is 4.72 Å². The average Bonchev–Trinajstić information content (AvgIpc) is 2.55. The summed E-state index contributed by atoms with van der Waals surface area (Å²) in [6.45, 7) is 0. The summed E-state index contributed by atoms with van der Waals surface area (Å²) in [5.41, 5.74) is -0.0252. The Morgan fingerprint density at radius 2 is 1.62 bits per heavy atom. The maximum Gasteiger partial charge on any atom is 0.265 e. The quantitative estimate of drug-likeness (QED) is 0.635. The standard InChI is InChI=1S/C14H11ClF3NO4S/c1-22-9-4-3-7(5-10(9)23-2)19-24(20,21)11-6-8(16)12(15)14(18)13(11)17/h3-6,19H,1-2H3. The van der Waals surface area contributed by atoms with Crippen LogP contribution in [-0.2, 0) is 10.0 Å². The van der Waals surface area contributed by atoms with Crippen molar-refractivity contribution in [2.24, 2.45) is 0 Å². The van der Waals surface area contributed by atoms with Crippen LogP contribution in [0.1, 0.15) is 0 Å². The lowest BCUT2D eigenvalue weighted by atomic mass is 10.3. The van der Waals surface area contributed by atoms with Crippen molar-refractivity contribution in [3.05, 3.63) is 46.7 Å². The van der Waals surface area contributed by atoms with Crippen LogP contribution in [-0.4, -0.2) is 22.6 Å². The predicted octanol–water partition coefficient (Wildman–Crippen LogP) is 3.58. The summed E-state index contributed by atoms with van der Waals surface area (Å²) >= 11 is 5.20. The molecule has 0 saturated carbocycles. The van der Waals surface area contributed by atoms with E-state index in [4.69, 9.17) is 21.1 Å². The van der Waals surface area contributed by atoms with Gasteiger partial charge in [-0.1, -0.05) is 11.6 Å². The minimum atomic E-state index is -4.61. The van der Waals surface area contributed by atoms with Gasteiger partial charge in [-0.2, -0.15) is 0 Å². The number of ether oxygens (including phenoxy) is 2. The lowest BCUT2D eigenvalue weighted by Crippen LogP contribution is -2.16. The molecule has 0 aliphatic carbocycles. The minimum Gasteiger partial charge on any atom is -0.493 e. The van der Waals surface area contributed by atoms with E-state index in [1.54, 1.807) is 0 Å². The molecule has 0 aromatic heterocycles. The molecule has 0 radical (unpaired) electrons. The molecule has 24 heavy (non-hydrogen) atoms. The lowest BCUT2D eigenvalue weighted by molar-refractivity contribution is 0.355. The topological polar surface area (TPSA) is 64.6 Å². The highest BCUT2D eigenvalue weighted by Gasteiger charge is 2.26. The zero-order valence-corrected chi connectivity index (χ0v) is 13.9. The number of methoxy groups -OCH3 is 2. The largest absolute Gasteiger partial charge is 0.493 e. The van der Waals surface area contributed by atoms with Gasteiger partial charge in [0, 0.05) is 6.07 Å². The summed E-state index contributed by atoms with van der Waals surface area (Å²) in [5, 5.41) is -1.13. The third kappa shape index (κ3) is 3.36. The van der Waals surface area contributed by atoms with Crippen LogP contribution in [0.2, 0.25) is 5.02 Å². The van der Waals surface area contributed by atoms with Crippen molar-refractivity contribution < 1.29 is 31.1 Å². The van der Waals surface area contributed by atoms with Crippen molar-refractivity contribution in [2.45, 2.75) is 4.90 Å².